The molecule has 0 bridgehead atoms. The Hall–Kier alpha value is -1.32. The largest absolute Gasteiger partial charge is 0.297 e. The number of thioether (sulfide) groups is 1. The summed E-state index contributed by atoms with van der Waals surface area (Å²) >= 11 is 7.03. The molecule has 0 radical (unpaired) electrons. The van der Waals surface area contributed by atoms with Gasteiger partial charge in [0, 0.05) is 5.02 Å². The monoisotopic (exact) mass is 362 g/mol. The molecule has 4 heteroatoms. The second-order valence-corrected chi connectivity index (χ2v) is 8.30. The van der Waals surface area contributed by atoms with Gasteiger partial charge in [-0.05, 0) is 50.8 Å². The third-order valence-electron chi connectivity index (χ3n) is 4.35. The minimum atomic E-state index is -0.740. The van der Waals surface area contributed by atoms with E-state index < -0.39 is 10.7 Å². The van der Waals surface area contributed by atoms with Crippen molar-refractivity contribution in [3.05, 3.63) is 59.2 Å². The first kappa shape index (κ1) is 19.0. The lowest BCUT2D eigenvalue weighted by Gasteiger charge is -2.16. The molecule has 1 aliphatic rings. The maximum absolute atomic E-state index is 12.7. The summed E-state index contributed by atoms with van der Waals surface area (Å²) < 4.78 is -0.740. The van der Waals surface area contributed by atoms with Gasteiger partial charge in [-0.15, -0.1) is 0 Å². The number of aryl methyl sites for hydroxylation is 1. The number of unbranched alkanes of at least 4 members (excludes halogenated alkanes) is 1. The van der Waals surface area contributed by atoms with Crippen molar-refractivity contribution in [3.8, 4) is 0 Å². The minimum Gasteiger partial charge on any atom is -0.297 e. The second kappa shape index (κ2) is 8.17. The lowest BCUT2D eigenvalue weighted by atomic mass is 9.89. The van der Waals surface area contributed by atoms with Crippen LogP contribution in [-0.4, -0.2) is 15.6 Å². The molecule has 2 nitrogen and oxygen atoms in total. The fourth-order valence-electron chi connectivity index (χ4n) is 2.95. The van der Waals surface area contributed by atoms with Crippen LogP contribution >= 0.6 is 23.4 Å². The van der Waals surface area contributed by atoms with Crippen molar-refractivity contribution in [3.63, 3.8) is 0 Å². The molecule has 1 aromatic rings. The zero-order valence-corrected chi connectivity index (χ0v) is 15.8. The predicted octanol–water partition coefficient (Wildman–Crippen LogP) is 5.40. The first-order valence-corrected chi connectivity index (χ1v) is 9.38. The molecule has 1 fully saturated rings. The number of halogens is 1. The quantitative estimate of drug-likeness (QED) is 0.370. The van der Waals surface area contributed by atoms with Gasteiger partial charge < -0.3 is 0 Å². The van der Waals surface area contributed by atoms with Crippen molar-refractivity contribution in [2.75, 3.05) is 0 Å². The average Bonchev–Trinajstić information content (AvgIpc) is 2.75. The molecule has 1 aliphatic heterocycles. The molecule has 0 aliphatic carbocycles. The third kappa shape index (κ3) is 4.61. The Balaban J connectivity index is 1.88. The molecule has 2 rings (SSSR count). The number of rotatable bonds is 7. The molecule has 2 unspecified atom stereocenters. The van der Waals surface area contributed by atoms with Crippen LogP contribution in [0.5, 0.6) is 0 Å². The van der Waals surface area contributed by atoms with E-state index in [-0.39, 0.29) is 10.9 Å². The Morgan fingerprint density at radius 3 is 2.58 bits per heavy atom. The van der Waals surface area contributed by atoms with Gasteiger partial charge in [-0.3, -0.25) is 9.59 Å². The Morgan fingerprint density at radius 2 is 1.96 bits per heavy atom. The molecule has 1 saturated heterocycles. The van der Waals surface area contributed by atoms with Crippen LogP contribution in [-0.2, 0) is 16.0 Å². The minimum absolute atomic E-state index is 0.00195. The first-order chi connectivity index (χ1) is 11.4. The topological polar surface area (TPSA) is 34.1 Å². The first-order valence-electron chi connectivity index (χ1n) is 8.19. The van der Waals surface area contributed by atoms with Crippen molar-refractivity contribution >= 4 is 34.3 Å². The fraction of sp³-hybridized carbons (Fsp3) is 0.400. The number of allylic oxidation sites excluding steroid dienone is 2. The van der Waals surface area contributed by atoms with Crippen molar-refractivity contribution in [1.29, 1.82) is 0 Å². The molecule has 0 N–H and O–H groups in total. The number of benzene rings is 1. The van der Waals surface area contributed by atoms with Crippen molar-refractivity contribution in [2.24, 2.45) is 5.92 Å². The molecule has 1 heterocycles. The predicted molar refractivity (Wildman–Crippen MR) is 102 cm³/mol. The number of ketones is 1. The van der Waals surface area contributed by atoms with E-state index in [1.807, 2.05) is 44.2 Å². The van der Waals surface area contributed by atoms with E-state index in [0.717, 1.165) is 41.6 Å². The molecule has 128 valence electrons. The smallest absolute Gasteiger partial charge is 0.200 e. The highest BCUT2D eigenvalue weighted by Gasteiger charge is 2.48. The molecular formula is C20H23ClO2S. The van der Waals surface area contributed by atoms with E-state index >= 15 is 0 Å². The summed E-state index contributed by atoms with van der Waals surface area (Å²) in [5, 5.41) is 0.738. The van der Waals surface area contributed by atoms with E-state index in [4.69, 9.17) is 11.6 Å². The van der Waals surface area contributed by atoms with Gasteiger partial charge in [-0.25, -0.2) is 0 Å². The summed E-state index contributed by atoms with van der Waals surface area (Å²) in [6.45, 7) is 7.44. The SMILES string of the molecule is C=CC(C)=CC1(C)SC(=O)C(CCCCc2ccc(Cl)cc2)C1=O. The maximum atomic E-state index is 12.7. The number of hydrogen-bond donors (Lipinski definition) is 0. The van der Waals surface area contributed by atoms with Gasteiger partial charge in [-0.1, -0.05) is 66.2 Å². The molecular weight excluding hydrogens is 340 g/mol. The Labute approximate surface area is 153 Å². The fourth-order valence-corrected chi connectivity index (χ4v) is 4.35. The number of carbonyl (C=O) groups is 2. The number of hydrogen-bond acceptors (Lipinski definition) is 3. The Morgan fingerprint density at radius 1 is 1.29 bits per heavy atom. The number of Topliss-reactive ketones (excluding diaryl/α,β-unsaturated/α-hetero) is 1. The molecule has 0 spiro atoms. The normalized spacial score (nSPS) is 24.5. The van der Waals surface area contributed by atoms with E-state index in [9.17, 15) is 9.59 Å². The number of carbonyl (C=O) groups excluding carboxylic acids is 2. The summed E-state index contributed by atoms with van der Waals surface area (Å²) in [4.78, 5) is 24.9. The van der Waals surface area contributed by atoms with Gasteiger partial charge in [-0.2, -0.15) is 0 Å². The van der Waals surface area contributed by atoms with Crippen LogP contribution in [0, 0.1) is 5.92 Å². The highest BCUT2D eigenvalue weighted by molar-refractivity contribution is 8.16. The van der Waals surface area contributed by atoms with E-state index in [1.54, 1.807) is 6.08 Å². The van der Waals surface area contributed by atoms with Crippen LogP contribution in [0.15, 0.2) is 48.6 Å². The van der Waals surface area contributed by atoms with Gasteiger partial charge in [0.25, 0.3) is 0 Å². The average molecular weight is 363 g/mol. The van der Waals surface area contributed by atoms with E-state index in [0.29, 0.717) is 6.42 Å². The molecule has 24 heavy (non-hydrogen) atoms. The van der Waals surface area contributed by atoms with Crippen LogP contribution in [0.3, 0.4) is 0 Å². The van der Waals surface area contributed by atoms with E-state index in [2.05, 4.69) is 6.58 Å². The zero-order valence-electron chi connectivity index (χ0n) is 14.2. The maximum Gasteiger partial charge on any atom is 0.200 e. The summed E-state index contributed by atoms with van der Waals surface area (Å²) in [6, 6.07) is 7.81. The van der Waals surface area contributed by atoms with Gasteiger partial charge in [0.15, 0.2) is 5.78 Å². The zero-order chi connectivity index (χ0) is 17.7. The van der Waals surface area contributed by atoms with Crippen LogP contribution in [0.2, 0.25) is 5.02 Å². The molecule has 1 aromatic carbocycles. The van der Waals surface area contributed by atoms with Gasteiger partial charge >= 0.3 is 0 Å². The summed E-state index contributed by atoms with van der Waals surface area (Å²) in [5.41, 5.74) is 2.15. The van der Waals surface area contributed by atoms with Crippen molar-refractivity contribution < 1.29 is 9.59 Å². The molecule has 2 atom stereocenters. The van der Waals surface area contributed by atoms with Gasteiger partial charge in [0.2, 0.25) is 5.12 Å². The molecule has 0 saturated carbocycles. The van der Waals surface area contributed by atoms with Crippen LogP contribution in [0.1, 0.15) is 38.7 Å². The summed E-state index contributed by atoms with van der Waals surface area (Å²) in [5.74, 6) is -0.440. The van der Waals surface area contributed by atoms with Crippen LogP contribution < -0.4 is 0 Å². The van der Waals surface area contributed by atoms with Gasteiger partial charge in [0.1, 0.15) is 0 Å². The Bertz CT molecular complexity index is 663. The van der Waals surface area contributed by atoms with Gasteiger partial charge in [0.05, 0.1) is 10.7 Å². The summed E-state index contributed by atoms with van der Waals surface area (Å²) in [7, 11) is 0. The lowest BCUT2D eigenvalue weighted by molar-refractivity contribution is -0.127. The highest BCUT2D eigenvalue weighted by Crippen LogP contribution is 2.43. The van der Waals surface area contributed by atoms with Crippen molar-refractivity contribution in [2.45, 2.75) is 44.3 Å². The highest BCUT2D eigenvalue weighted by atomic mass is 35.5. The second-order valence-electron chi connectivity index (χ2n) is 6.41. The van der Waals surface area contributed by atoms with Crippen molar-refractivity contribution in [1.82, 2.24) is 0 Å². The molecule has 0 amide bonds. The molecule has 0 aromatic heterocycles. The van der Waals surface area contributed by atoms with E-state index in [1.165, 1.54) is 5.56 Å². The van der Waals surface area contributed by atoms with Crippen LogP contribution in [0.25, 0.3) is 0 Å². The Kier molecular flexibility index (Phi) is 6.47. The lowest BCUT2D eigenvalue weighted by Crippen LogP contribution is -2.28. The third-order valence-corrected chi connectivity index (χ3v) is 5.83. The summed E-state index contributed by atoms with van der Waals surface area (Å²) in [6.07, 6.45) is 6.97. The standard InChI is InChI=1S/C20H23ClO2S/c1-4-14(2)13-20(3)18(22)17(19(23)24-20)8-6-5-7-15-9-11-16(21)12-10-15/h4,9-13,17H,1,5-8H2,2-3H3. The van der Waals surface area contributed by atoms with Crippen LogP contribution in [0.4, 0.5) is 0 Å².